The first-order valence-corrected chi connectivity index (χ1v) is 8.56. The summed E-state index contributed by atoms with van der Waals surface area (Å²) in [5.74, 6) is 0.289. The summed E-state index contributed by atoms with van der Waals surface area (Å²) >= 11 is 0. The predicted molar refractivity (Wildman–Crippen MR) is 80.1 cm³/mol. The van der Waals surface area contributed by atoms with Crippen molar-refractivity contribution in [1.29, 1.82) is 0 Å². The van der Waals surface area contributed by atoms with Gasteiger partial charge in [-0.1, -0.05) is 0 Å². The second kappa shape index (κ2) is 5.53. The Balaban J connectivity index is 1.92. The molecule has 1 amide bonds. The molecule has 7 nitrogen and oxygen atoms in total. The van der Waals surface area contributed by atoms with Gasteiger partial charge in [0.05, 0.1) is 17.6 Å². The molecular formula is C14H19N3O4S. The summed E-state index contributed by atoms with van der Waals surface area (Å²) in [4.78, 5) is 11.5. The minimum Gasteiger partial charge on any atom is -0.496 e. The second-order valence-electron chi connectivity index (χ2n) is 5.73. The molecule has 0 radical (unpaired) electrons. The van der Waals surface area contributed by atoms with Crippen LogP contribution in [0.3, 0.4) is 0 Å². The molecule has 0 unspecified atom stereocenters. The summed E-state index contributed by atoms with van der Waals surface area (Å²) in [6.45, 7) is 2.73. The van der Waals surface area contributed by atoms with Crippen LogP contribution in [-0.2, 0) is 10.0 Å². The molecule has 8 heteroatoms. The van der Waals surface area contributed by atoms with E-state index in [1.165, 1.54) is 29.6 Å². The van der Waals surface area contributed by atoms with E-state index in [1.54, 1.807) is 0 Å². The zero-order chi connectivity index (χ0) is 15.9. The van der Waals surface area contributed by atoms with E-state index in [-0.39, 0.29) is 16.2 Å². The van der Waals surface area contributed by atoms with E-state index in [0.717, 1.165) is 13.1 Å². The van der Waals surface area contributed by atoms with Crippen LogP contribution in [0.2, 0.25) is 0 Å². The number of hydrogen-bond donors (Lipinski definition) is 2. The number of carbonyl (C=O) groups excluding carboxylic acids is 1. The van der Waals surface area contributed by atoms with Gasteiger partial charge in [0.1, 0.15) is 5.75 Å². The number of nitrogens with zero attached hydrogens (tertiary/aromatic N) is 1. The topological polar surface area (TPSA) is 102 Å². The molecule has 2 atom stereocenters. The molecule has 3 rings (SSSR count). The lowest BCUT2D eigenvalue weighted by atomic mass is 10.0. The largest absolute Gasteiger partial charge is 0.496 e. The van der Waals surface area contributed by atoms with Crippen molar-refractivity contribution >= 4 is 15.9 Å². The Bertz CT molecular complexity index is 692. The van der Waals surface area contributed by atoms with E-state index in [0.29, 0.717) is 24.9 Å². The third kappa shape index (κ3) is 2.47. The number of fused-ring (bicyclic) bond motifs is 1. The lowest BCUT2D eigenvalue weighted by molar-refractivity contribution is 0.0997. The summed E-state index contributed by atoms with van der Waals surface area (Å²) < 4.78 is 32.0. The lowest BCUT2D eigenvalue weighted by Gasteiger charge is -2.18. The number of amides is 1. The molecule has 1 aromatic carbocycles. The van der Waals surface area contributed by atoms with E-state index in [9.17, 15) is 13.2 Å². The first kappa shape index (κ1) is 15.3. The number of ether oxygens (including phenoxy) is 1. The third-order valence-electron chi connectivity index (χ3n) is 4.43. The number of carbonyl (C=O) groups is 1. The van der Waals surface area contributed by atoms with Crippen molar-refractivity contribution in [3.63, 3.8) is 0 Å². The monoisotopic (exact) mass is 325 g/mol. The maximum Gasteiger partial charge on any atom is 0.252 e. The van der Waals surface area contributed by atoms with E-state index in [4.69, 9.17) is 10.5 Å². The highest BCUT2D eigenvalue weighted by molar-refractivity contribution is 7.89. The number of nitrogens with two attached hydrogens (primary N) is 1. The summed E-state index contributed by atoms with van der Waals surface area (Å²) in [7, 11) is -2.21. The average molecular weight is 325 g/mol. The second-order valence-corrected chi connectivity index (χ2v) is 7.66. The summed E-state index contributed by atoms with van der Waals surface area (Å²) in [6, 6.07) is 4.21. The van der Waals surface area contributed by atoms with Crippen LogP contribution in [0.4, 0.5) is 0 Å². The van der Waals surface area contributed by atoms with Gasteiger partial charge in [-0.3, -0.25) is 4.79 Å². The highest BCUT2D eigenvalue weighted by Crippen LogP contribution is 2.32. The average Bonchev–Trinajstić information content (AvgIpc) is 3.07. The Hall–Kier alpha value is -1.64. The van der Waals surface area contributed by atoms with Gasteiger partial charge in [-0.25, -0.2) is 8.42 Å². The quantitative estimate of drug-likeness (QED) is 0.787. The van der Waals surface area contributed by atoms with Crippen molar-refractivity contribution < 1.29 is 17.9 Å². The van der Waals surface area contributed by atoms with Gasteiger partial charge < -0.3 is 15.8 Å². The molecule has 3 N–H and O–H groups in total. The number of sulfonamides is 1. The Morgan fingerprint density at radius 3 is 2.50 bits per heavy atom. The summed E-state index contributed by atoms with van der Waals surface area (Å²) in [5.41, 5.74) is 5.37. The lowest BCUT2D eigenvalue weighted by Crippen LogP contribution is -2.32. The summed E-state index contributed by atoms with van der Waals surface area (Å²) in [6.07, 6.45) is 0. The van der Waals surface area contributed by atoms with E-state index in [2.05, 4.69) is 5.32 Å². The minimum absolute atomic E-state index is 0.0737. The Morgan fingerprint density at radius 1 is 1.32 bits per heavy atom. The van der Waals surface area contributed by atoms with Gasteiger partial charge in [0.2, 0.25) is 10.0 Å². The van der Waals surface area contributed by atoms with Gasteiger partial charge in [-0.05, 0) is 43.1 Å². The van der Waals surface area contributed by atoms with Gasteiger partial charge in [-0.15, -0.1) is 0 Å². The Kier molecular flexibility index (Phi) is 3.84. The molecule has 2 heterocycles. The highest BCUT2D eigenvalue weighted by atomic mass is 32.2. The molecule has 0 saturated carbocycles. The molecule has 2 fully saturated rings. The minimum atomic E-state index is -3.62. The van der Waals surface area contributed by atoms with Gasteiger partial charge in [-0.2, -0.15) is 4.31 Å². The Labute approximate surface area is 129 Å². The number of nitrogens with one attached hydrogen (secondary N) is 1. The molecule has 0 aromatic heterocycles. The number of hydrogen-bond acceptors (Lipinski definition) is 5. The molecule has 0 spiro atoms. The van der Waals surface area contributed by atoms with Crippen molar-refractivity contribution in [3.8, 4) is 5.75 Å². The Morgan fingerprint density at radius 2 is 1.95 bits per heavy atom. The molecule has 2 aliphatic rings. The van der Waals surface area contributed by atoms with E-state index < -0.39 is 15.9 Å². The van der Waals surface area contributed by atoms with Gasteiger partial charge >= 0.3 is 0 Å². The van der Waals surface area contributed by atoms with Crippen molar-refractivity contribution in [2.45, 2.75) is 4.90 Å². The predicted octanol–water partition coefficient (Wildman–Crippen LogP) is -0.366. The standard InChI is InChI=1S/C14H19N3O4S/c1-21-13-3-2-11(4-12(13)14(15)18)22(19,20)17-7-9-5-16-6-10(9)8-17/h2-4,9-10,16H,5-8H2,1H3,(H2,15,18)/t9-,10+. The number of rotatable bonds is 4. The third-order valence-corrected chi connectivity index (χ3v) is 6.26. The van der Waals surface area contributed by atoms with Crippen LogP contribution in [0.1, 0.15) is 10.4 Å². The van der Waals surface area contributed by atoms with Gasteiger partial charge in [0.25, 0.3) is 5.91 Å². The zero-order valence-electron chi connectivity index (χ0n) is 12.3. The van der Waals surface area contributed by atoms with Crippen LogP contribution in [0, 0.1) is 11.8 Å². The smallest absolute Gasteiger partial charge is 0.252 e. The molecule has 22 heavy (non-hydrogen) atoms. The number of primary amides is 1. The fourth-order valence-corrected chi connectivity index (χ4v) is 4.78. The molecule has 2 saturated heterocycles. The van der Waals surface area contributed by atoms with Gasteiger partial charge in [0, 0.05) is 13.1 Å². The number of benzene rings is 1. The van der Waals surface area contributed by atoms with E-state index in [1.807, 2.05) is 0 Å². The van der Waals surface area contributed by atoms with E-state index >= 15 is 0 Å². The normalized spacial score (nSPS) is 25.1. The fraction of sp³-hybridized carbons (Fsp3) is 0.500. The van der Waals surface area contributed by atoms with Gasteiger partial charge in [0.15, 0.2) is 0 Å². The number of methoxy groups -OCH3 is 1. The molecular weight excluding hydrogens is 306 g/mol. The van der Waals surface area contributed by atoms with Crippen LogP contribution >= 0.6 is 0 Å². The van der Waals surface area contributed by atoms with Crippen molar-refractivity contribution in [2.24, 2.45) is 17.6 Å². The maximum atomic E-state index is 12.8. The fourth-order valence-electron chi connectivity index (χ4n) is 3.20. The van der Waals surface area contributed by atoms with Crippen LogP contribution in [0.25, 0.3) is 0 Å². The maximum absolute atomic E-state index is 12.8. The van der Waals surface area contributed by atoms with Crippen LogP contribution in [-0.4, -0.2) is 51.9 Å². The zero-order valence-corrected chi connectivity index (χ0v) is 13.1. The van der Waals surface area contributed by atoms with Crippen molar-refractivity contribution in [3.05, 3.63) is 23.8 Å². The first-order valence-electron chi connectivity index (χ1n) is 7.12. The van der Waals surface area contributed by atoms with Crippen LogP contribution in [0.5, 0.6) is 5.75 Å². The first-order chi connectivity index (χ1) is 10.4. The van der Waals surface area contributed by atoms with Crippen molar-refractivity contribution in [2.75, 3.05) is 33.3 Å². The molecule has 0 bridgehead atoms. The highest BCUT2D eigenvalue weighted by Gasteiger charge is 2.41. The van der Waals surface area contributed by atoms with Crippen molar-refractivity contribution in [1.82, 2.24) is 9.62 Å². The van der Waals surface area contributed by atoms with Crippen LogP contribution < -0.4 is 15.8 Å². The molecule has 1 aromatic rings. The van der Waals surface area contributed by atoms with Crippen LogP contribution in [0.15, 0.2) is 23.1 Å². The summed E-state index contributed by atoms with van der Waals surface area (Å²) in [5, 5.41) is 3.28. The molecule has 2 aliphatic heterocycles. The SMILES string of the molecule is COc1ccc(S(=O)(=O)N2C[C@H]3CNC[C@H]3C2)cc1C(N)=O. The molecule has 0 aliphatic carbocycles. The molecule has 120 valence electrons.